The fourth-order valence-electron chi connectivity index (χ4n) is 3.19. The Morgan fingerprint density at radius 2 is 1.56 bits per heavy atom. The summed E-state index contributed by atoms with van der Waals surface area (Å²) < 4.78 is 13.0. The van der Waals surface area contributed by atoms with Crippen molar-refractivity contribution in [3.05, 3.63) is 35.6 Å². The molecule has 1 aromatic rings. The Balaban J connectivity index is 0.000000771. The van der Waals surface area contributed by atoms with Gasteiger partial charge in [-0.05, 0) is 42.4 Å². The molecule has 102 valence electrons. The molecule has 1 aliphatic rings. The largest absolute Gasteiger partial charge is 0.207 e. The third-order valence-electron chi connectivity index (χ3n) is 4.00. The first-order chi connectivity index (χ1) is 8.77. The van der Waals surface area contributed by atoms with Crippen molar-refractivity contribution in [3.8, 4) is 0 Å². The zero-order chi connectivity index (χ0) is 13.4. The molecule has 1 fully saturated rings. The molecule has 0 spiro atoms. The molecule has 2 rings (SSSR count). The maximum Gasteiger partial charge on any atom is 0.123 e. The van der Waals surface area contributed by atoms with E-state index in [-0.39, 0.29) is 5.82 Å². The zero-order valence-electron chi connectivity index (χ0n) is 12.1. The van der Waals surface area contributed by atoms with E-state index in [0.717, 1.165) is 0 Å². The van der Waals surface area contributed by atoms with Crippen molar-refractivity contribution in [2.45, 2.75) is 71.1 Å². The smallest absolute Gasteiger partial charge is 0.123 e. The number of hydrogen-bond donors (Lipinski definition) is 0. The van der Waals surface area contributed by atoms with Gasteiger partial charge in [0.05, 0.1) is 0 Å². The lowest BCUT2D eigenvalue weighted by atomic mass is 9.67. The Kier molecular flexibility index (Phi) is 6.38. The highest BCUT2D eigenvalue weighted by molar-refractivity contribution is 5.26. The van der Waals surface area contributed by atoms with Gasteiger partial charge in [0.15, 0.2) is 0 Å². The Morgan fingerprint density at radius 3 is 2.06 bits per heavy atom. The molecule has 0 saturated heterocycles. The van der Waals surface area contributed by atoms with Crippen molar-refractivity contribution >= 4 is 0 Å². The van der Waals surface area contributed by atoms with E-state index in [2.05, 4.69) is 6.92 Å². The lowest BCUT2D eigenvalue weighted by Gasteiger charge is -2.38. The molecule has 0 amide bonds. The lowest BCUT2D eigenvalue weighted by Crippen LogP contribution is -2.28. The van der Waals surface area contributed by atoms with E-state index in [1.807, 2.05) is 26.0 Å². The fourth-order valence-corrected chi connectivity index (χ4v) is 3.19. The highest BCUT2D eigenvalue weighted by Crippen LogP contribution is 2.42. The van der Waals surface area contributed by atoms with Gasteiger partial charge in [0.1, 0.15) is 5.82 Å². The molecule has 0 aromatic heterocycles. The second-order valence-electron chi connectivity index (χ2n) is 5.10. The van der Waals surface area contributed by atoms with Crippen LogP contribution in [0.3, 0.4) is 0 Å². The van der Waals surface area contributed by atoms with Crippen LogP contribution < -0.4 is 0 Å². The first-order valence-electron chi connectivity index (χ1n) is 7.53. The molecule has 1 aromatic carbocycles. The Bertz CT molecular complexity index is 314. The SMILES string of the molecule is CC.CCCC1(c2ccc(F)cc2)CCCCC1. The predicted octanol–water partition coefficient (Wildman–Crippen LogP) is 5.85. The summed E-state index contributed by atoms with van der Waals surface area (Å²) >= 11 is 0. The summed E-state index contributed by atoms with van der Waals surface area (Å²) in [7, 11) is 0. The average Bonchev–Trinajstić information content (AvgIpc) is 2.43. The van der Waals surface area contributed by atoms with Crippen LogP contribution in [0, 0.1) is 5.82 Å². The van der Waals surface area contributed by atoms with Crippen molar-refractivity contribution in [2.24, 2.45) is 0 Å². The first-order valence-corrected chi connectivity index (χ1v) is 7.53. The van der Waals surface area contributed by atoms with Crippen LogP contribution in [0.25, 0.3) is 0 Å². The van der Waals surface area contributed by atoms with Gasteiger partial charge < -0.3 is 0 Å². The quantitative estimate of drug-likeness (QED) is 0.631. The van der Waals surface area contributed by atoms with Crippen LogP contribution in [0.15, 0.2) is 24.3 Å². The standard InChI is InChI=1S/C15H21F.C2H6/c1-2-10-15(11-4-3-5-12-15)13-6-8-14(16)9-7-13;1-2/h6-9H,2-5,10-12H2,1H3;1-2H3. The average molecular weight is 250 g/mol. The van der Waals surface area contributed by atoms with E-state index in [4.69, 9.17) is 0 Å². The van der Waals surface area contributed by atoms with Crippen molar-refractivity contribution in [1.82, 2.24) is 0 Å². The summed E-state index contributed by atoms with van der Waals surface area (Å²) in [6.45, 7) is 6.25. The molecule has 0 radical (unpaired) electrons. The molecule has 0 aliphatic heterocycles. The van der Waals surface area contributed by atoms with E-state index < -0.39 is 0 Å². The number of hydrogen-bond acceptors (Lipinski definition) is 0. The van der Waals surface area contributed by atoms with Crippen LogP contribution in [0.4, 0.5) is 4.39 Å². The van der Waals surface area contributed by atoms with Crippen LogP contribution in [0.2, 0.25) is 0 Å². The van der Waals surface area contributed by atoms with Crippen LogP contribution in [-0.2, 0) is 5.41 Å². The molecule has 0 heterocycles. The summed E-state index contributed by atoms with van der Waals surface area (Å²) in [5.74, 6) is -0.119. The summed E-state index contributed by atoms with van der Waals surface area (Å²) in [4.78, 5) is 0. The van der Waals surface area contributed by atoms with Crippen LogP contribution in [-0.4, -0.2) is 0 Å². The van der Waals surface area contributed by atoms with Crippen LogP contribution >= 0.6 is 0 Å². The van der Waals surface area contributed by atoms with Crippen molar-refractivity contribution in [1.29, 1.82) is 0 Å². The summed E-state index contributed by atoms with van der Waals surface area (Å²) in [5.41, 5.74) is 1.70. The van der Waals surface area contributed by atoms with Gasteiger partial charge in [0, 0.05) is 0 Å². The summed E-state index contributed by atoms with van der Waals surface area (Å²) in [6.07, 6.45) is 9.07. The molecule has 18 heavy (non-hydrogen) atoms. The first kappa shape index (κ1) is 15.2. The summed E-state index contributed by atoms with van der Waals surface area (Å²) in [6, 6.07) is 7.22. The third-order valence-corrected chi connectivity index (χ3v) is 4.00. The molecule has 1 heteroatoms. The molecule has 0 bridgehead atoms. The Labute approximate surface area is 112 Å². The van der Waals surface area contributed by atoms with Gasteiger partial charge in [0.25, 0.3) is 0 Å². The number of benzene rings is 1. The van der Waals surface area contributed by atoms with Gasteiger partial charge in [-0.15, -0.1) is 0 Å². The minimum atomic E-state index is -0.119. The van der Waals surface area contributed by atoms with Crippen molar-refractivity contribution in [2.75, 3.05) is 0 Å². The topological polar surface area (TPSA) is 0 Å². The summed E-state index contributed by atoms with van der Waals surface area (Å²) in [5, 5.41) is 0. The molecule has 0 N–H and O–H groups in total. The van der Waals surface area contributed by atoms with Crippen LogP contribution in [0.5, 0.6) is 0 Å². The highest BCUT2D eigenvalue weighted by atomic mass is 19.1. The zero-order valence-corrected chi connectivity index (χ0v) is 12.1. The lowest BCUT2D eigenvalue weighted by molar-refractivity contribution is 0.271. The van der Waals surface area contributed by atoms with Gasteiger partial charge >= 0.3 is 0 Å². The second-order valence-corrected chi connectivity index (χ2v) is 5.10. The van der Waals surface area contributed by atoms with Gasteiger partial charge in [0.2, 0.25) is 0 Å². The predicted molar refractivity (Wildman–Crippen MR) is 77.4 cm³/mol. The molecule has 0 unspecified atom stereocenters. The molecular weight excluding hydrogens is 223 g/mol. The molecular formula is C17H27F. The third kappa shape index (κ3) is 3.57. The molecule has 0 atom stereocenters. The van der Waals surface area contributed by atoms with E-state index in [9.17, 15) is 4.39 Å². The van der Waals surface area contributed by atoms with Crippen LogP contribution in [0.1, 0.15) is 71.3 Å². The minimum Gasteiger partial charge on any atom is -0.207 e. The molecule has 1 aliphatic carbocycles. The van der Waals surface area contributed by atoms with E-state index in [0.29, 0.717) is 5.41 Å². The maximum atomic E-state index is 13.0. The minimum absolute atomic E-state index is 0.119. The molecule has 1 saturated carbocycles. The highest BCUT2D eigenvalue weighted by Gasteiger charge is 2.32. The van der Waals surface area contributed by atoms with E-state index in [1.165, 1.54) is 50.5 Å². The number of rotatable bonds is 3. The Hall–Kier alpha value is -0.850. The Morgan fingerprint density at radius 1 is 1.00 bits per heavy atom. The fraction of sp³-hybridized carbons (Fsp3) is 0.647. The normalized spacial score (nSPS) is 17.8. The van der Waals surface area contributed by atoms with Gasteiger partial charge in [-0.25, -0.2) is 4.39 Å². The van der Waals surface area contributed by atoms with Gasteiger partial charge in [-0.2, -0.15) is 0 Å². The van der Waals surface area contributed by atoms with Crippen molar-refractivity contribution < 1.29 is 4.39 Å². The number of halogens is 1. The van der Waals surface area contributed by atoms with E-state index >= 15 is 0 Å². The monoisotopic (exact) mass is 250 g/mol. The van der Waals surface area contributed by atoms with Gasteiger partial charge in [-0.3, -0.25) is 0 Å². The maximum absolute atomic E-state index is 13.0. The molecule has 0 nitrogen and oxygen atoms in total. The van der Waals surface area contributed by atoms with Gasteiger partial charge in [-0.1, -0.05) is 58.6 Å². The van der Waals surface area contributed by atoms with Crippen molar-refractivity contribution in [3.63, 3.8) is 0 Å². The second kappa shape index (κ2) is 7.56. The van der Waals surface area contributed by atoms with E-state index in [1.54, 1.807) is 12.1 Å².